The van der Waals surface area contributed by atoms with Crippen LogP contribution in [-0.2, 0) is 11.2 Å². The number of likely N-dealkylation sites (N-methyl/N-ethyl adjacent to an activating group) is 1. The molecule has 0 bridgehead atoms. The van der Waals surface area contributed by atoms with Crippen LogP contribution in [0.5, 0.6) is 0 Å². The molecule has 0 amide bonds. The number of aryl methyl sites for hydroxylation is 1. The molecule has 0 fully saturated rings. The van der Waals surface area contributed by atoms with Gasteiger partial charge in [-0.3, -0.25) is 0 Å². The van der Waals surface area contributed by atoms with Crippen molar-refractivity contribution in [3.8, 4) is 0 Å². The van der Waals surface area contributed by atoms with Crippen molar-refractivity contribution in [2.45, 2.75) is 25.0 Å². The van der Waals surface area contributed by atoms with Gasteiger partial charge in [0.05, 0.1) is 11.6 Å². The fourth-order valence-corrected chi connectivity index (χ4v) is 3.13. The van der Waals surface area contributed by atoms with E-state index in [4.69, 9.17) is 4.74 Å². The predicted octanol–water partition coefficient (Wildman–Crippen LogP) is 3.46. The highest BCUT2D eigenvalue weighted by Gasteiger charge is 2.33. The molecule has 0 aromatic heterocycles. The van der Waals surface area contributed by atoms with Crippen LogP contribution in [0.25, 0.3) is 0 Å². The number of benzene rings is 2. The standard InChI is InChI=1S/C19H21NO2/c1-20(2)17-13-12-14-8-6-7-11-16(14)18(17)22-19(21)15-9-4-3-5-10-15/h3-11,17-18H,12-13H2,1-2H3/t17-,18+/m0/s1. The van der Waals surface area contributed by atoms with Crippen LogP contribution >= 0.6 is 0 Å². The van der Waals surface area contributed by atoms with Crippen molar-refractivity contribution >= 4 is 5.97 Å². The molecule has 1 aliphatic carbocycles. The minimum Gasteiger partial charge on any atom is -0.452 e. The summed E-state index contributed by atoms with van der Waals surface area (Å²) in [5.74, 6) is -0.255. The van der Waals surface area contributed by atoms with Crippen LogP contribution in [0.4, 0.5) is 0 Å². The first-order valence-electron chi connectivity index (χ1n) is 7.67. The van der Waals surface area contributed by atoms with Crippen molar-refractivity contribution in [3.63, 3.8) is 0 Å². The minimum atomic E-state index is -0.255. The molecule has 1 aliphatic rings. The number of ether oxygens (including phenoxy) is 1. The fourth-order valence-electron chi connectivity index (χ4n) is 3.13. The second-order valence-corrected chi connectivity index (χ2v) is 5.96. The summed E-state index contributed by atoms with van der Waals surface area (Å²) in [4.78, 5) is 14.6. The normalized spacial score (nSPS) is 20.5. The van der Waals surface area contributed by atoms with Crippen molar-refractivity contribution in [1.29, 1.82) is 0 Å². The van der Waals surface area contributed by atoms with Gasteiger partial charge < -0.3 is 9.64 Å². The number of nitrogens with zero attached hydrogens (tertiary/aromatic N) is 1. The van der Waals surface area contributed by atoms with Crippen LogP contribution in [0.3, 0.4) is 0 Å². The number of carbonyl (C=O) groups is 1. The molecule has 3 heteroatoms. The molecule has 0 heterocycles. The van der Waals surface area contributed by atoms with E-state index in [9.17, 15) is 4.79 Å². The molecule has 0 radical (unpaired) electrons. The average molecular weight is 295 g/mol. The highest BCUT2D eigenvalue weighted by atomic mass is 16.5. The van der Waals surface area contributed by atoms with Gasteiger partial charge in [0, 0.05) is 0 Å². The van der Waals surface area contributed by atoms with Crippen molar-refractivity contribution in [1.82, 2.24) is 4.90 Å². The number of rotatable bonds is 3. The third kappa shape index (κ3) is 2.90. The summed E-state index contributed by atoms with van der Waals surface area (Å²) in [6.45, 7) is 0. The van der Waals surface area contributed by atoms with Gasteiger partial charge >= 0.3 is 5.97 Å². The van der Waals surface area contributed by atoms with Crippen LogP contribution < -0.4 is 0 Å². The van der Waals surface area contributed by atoms with Crippen molar-refractivity contribution < 1.29 is 9.53 Å². The molecule has 2 atom stereocenters. The van der Waals surface area contributed by atoms with E-state index in [0.717, 1.165) is 18.4 Å². The van der Waals surface area contributed by atoms with Crippen molar-refractivity contribution in [3.05, 3.63) is 71.3 Å². The molecule has 22 heavy (non-hydrogen) atoms. The lowest BCUT2D eigenvalue weighted by Gasteiger charge is -2.37. The van der Waals surface area contributed by atoms with E-state index >= 15 is 0 Å². The van der Waals surface area contributed by atoms with Gasteiger partial charge in [-0.15, -0.1) is 0 Å². The monoisotopic (exact) mass is 295 g/mol. The third-order valence-corrected chi connectivity index (χ3v) is 4.33. The maximum Gasteiger partial charge on any atom is 0.338 e. The molecule has 0 N–H and O–H groups in total. The molecule has 0 spiro atoms. The van der Waals surface area contributed by atoms with Crippen LogP contribution in [-0.4, -0.2) is 31.0 Å². The lowest BCUT2D eigenvalue weighted by atomic mass is 9.85. The molecular weight excluding hydrogens is 274 g/mol. The Labute approximate surface area is 131 Å². The first-order chi connectivity index (χ1) is 10.7. The quantitative estimate of drug-likeness (QED) is 0.812. The topological polar surface area (TPSA) is 29.5 Å². The second kappa shape index (κ2) is 6.32. The predicted molar refractivity (Wildman–Crippen MR) is 86.8 cm³/mol. The summed E-state index contributed by atoms with van der Waals surface area (Å²) in [6.07, 6.45) is 1.81. The Morgan fingerprint density at radius 3 is 2.45 bits per heavy atom. The van der Waals surface area contributed by atoms with E-state index < -0.39 is 0 Å². The SMILES string of the molecule is CN(C)[C@H]1CCc2ccccc2[C@H]1OC(=O)c1ccccc1. The first-order valence-corrected chi connectivity index (χ1v) is 7.67. The molecule has 114 valence electrons. The third-order valence-electron chi connectivity index (χ3n) is 4.33. The van der Waals surface area contributed by atoms with Crippen LogP contribution in [0.15, 0.2) is 54.6 Å². The summed E-state index contributed by atoms with van der Waals surface area (Å²) in [6, 6.07) is 17.7. The Morgan fingerprint density at radius 2 is 1.73 bits per heavy atom. The zero-order valence-electron chi connectivity index (χ0n) is 13.0. The van der Waals surface area contributed by atoms with Gasteiger partial charge in [0.15, 0.2) is 0 Å². The summed E-state index contributed by atoms with van der Waals surface area (Å²) < 4.78 is 5.90. The fraction of sp³-hybridized carbons (Fsp3) is 0.316. The van der Waals surface area contributed by atoms with Gasteiger partial charge in [-0.2, -0.15) is 0 Å². The maximum atomic E-state index is 12.5. The largest absolute Gasteiger partial charge is 0.452 e. The number of carbonyl (C=O) groups excluding carboxylic acids is 1. The summed E-state index contributed by atoms with van der Waals surface area (Å²) in [5, 5.41) is 0. The Balaban J connectivity index is 1.90. The molecule has 0 unspecified atom stereocenters. The summed E-state index contributed by atoms with van der Waals surface area (Å²) >= 11 is 0. The van der Waals surface area contributed by atoms with E-state index in [-0.39, 0.29) is 18.1 Å². The zero-order valence-corrected chi connectivity index (χ0v) is 13.0. The Kier molecular flexibility index (Phi) is 4.25. The van der Waals surface area contributed by atoms with E-state index in [1.165, 1.54) is 5.56 Å². The number of esters is 1. The molecule has 0 saturated heterocycles. The smallest absolute Gasteiger partial charge is 0.338 e. The van der Waals surface area contributed by atoms with E-state index in [0.29, 0.717) is 5.56 Å². The Hall–Kier alpha value is -2.13. The average Bonchev–Trinajstić information content (AvgIpc) is 2.55. The number of fused-ring (bicyclic) bond motifs is 1. The van der Waals surface area contributed by atoms with Gasteiger partial charge in [0.25, 0.3) is 0 Å². The Morgan fingerprint density at radius 1 is 1.05 bits per heavy atom. The minimum absolute atomic E-state index is 0.211. The molecule has 0 aliphatic heterocycles. The summed E-state index contributed by atoms with van der Waals surface area (Å²) in [7, 11) is 4.09. The number of hydrogen-bond acceptors (Lipinski definition) is 3. The van der Waals surface area contributed by atoms with Crippen LogP contribution in [0.1, 0.15) is 34.0 Å². The van der Waals surface area contributed by atoms with Gasteiger partial charge in [-0.05, 0) is 50.2 Å². The zero-order chi connectivity index (χ0) is 15.5. The van der Waals surface area contributed by atoms with Crippen LogP contribution in [0.2, 0.25) is 0 Å². The molecule has 3 nitrogen and oxygen atoms in total. The molecule has 2 aromatic rings. The highest BCUT2D eigenvalue weighted by molar-refractivity contribution is 5.89. The van der Waals surface area contributed by atoms with Gasteiger partial charge in [0.1, 0.15) is 6.10 Å². The second-order valence-electron chi connectivity index (χ2n) is 5.96. The Bertz CT molecular complexity index is 651. The highest BCUT2D eigenvalue weighted by Crippen LogP contribution is 2.35. The lowest BCUT2D eigenvalue weighted by molar-refractivity contribution is 0.000620. The van der Waals surface area contributed by atoms with Gasteiger partial charge in [0.2, 0.25) is 0 Å². The first kappa shape index (κ1) is 14.8. The van der Waals surface area contributed by atoms with Crippen LogP contribution in [0, 0.1) is 0 Å². The van der Waals surface area contributed by atoms with Crippen molar-refractivity contribution in [2.24, 2.45) is 0 Å². The van der Waals surface area contributed by atoms with E-state index in [1.807, 2.05) is 44.4 Å². The molecular formula is C19H21NO2. The van der Waals surface area contributed by atoms with E-state index in [1.54, 1.807) is 12.1 Å². The van der Waals surface area contributed by atoms with Crippen molar-refractivity contribution in [2.75, 3.05) is 14.1 Å². The molecule has 2 aromatic carbocycles. The lowest BCUT2D eigenvalue weighted by Crippen LogP contribution is -2.39. The maximum absolute atomic E-state index is 12.5. The molecule has 3 rings (SSSR count). The number of hydrogen-bond donors (Lipinski definition) is 0. The summed E-state index contributed by atoms with van der Waals surface area (Å²) in [5.41, 5.74) is 3.02. The van der Waals surface area contributed by atoms with Gasteiger partial charge in [-0.1, -0.05) is 42.5 Å². The molecule has 0 saturated carbocycles. The van der Waals surface area contributed by atoms with Gasteiger partial charge in [-0.25, -0.2) is 4.79 Å². The van der Waals surface area contributed by atoms with E-state index in [2.05, 4.69) is 17.0 Å².